The van der Waals surface area contributed by atoms with Crippen molar-refractivity contribution < 1.29 is 0 Å². The van der Waals surface area contributed by atoms with Gasteiger partial charge in [0.2, 0.25) is 0 Å². The Kier molecular flexibility index (Phi) is 4.84. The van der Waals surface area contributed by atoms with E-state index in [9.17, 15) is 0 Å². The average Bonchev–Trinajstić information content (AvgIpc) is 2.52. The average molecular weight is 320 g/mol. The summed E-state index contributed by atoms with van der Waals surface area (Å²) in [5, 5.41) is 7.96. The third-order valence-corrected chi connectivity index (χ3v) is 4.80. The van der Waals surface area contributed by atoms with Crippen molar-refractivity contribution in [3.8, 4) is 0 Å². The van der Waals surface area contributed by atoms with E-state index in [1.807, 2.05) is 32.2 Å². The predicted octanol–water partition coefficient (Wildman–Crippen LogP) is 5.21. The van der Waals surface area contributed by atoms with Crippen LogP contribution in [0.15, 0.2) is 41.2 Å². The molecule has 2 aromatic rings. The van der Waals surface area contributed by atoms with E-state index in [4.69, 9.17) is 4.98 Å². The highest BCUT2D eigenvalue weighted by Gasteiger charge is 2.19. The highest BCUT2D eigenvalue weighted by molar-refractivity contribution is 5.79. The van der Waals surface area contributed by atoms with E-state index in [2.05, 4.69) is 27.9 Å². The molecule has 0 aliphatic heterocycles. The van der Waals surface area contributed by atoms with Crippen LogP contribution in [0.3, 0.4) is 0 Å². The van der Waals surface area contributed by atoms with E-state index < -0.39 is 0 Å². The Balaban J connectivity index is 1.82. The zero-order valence-electron chi connectivity index (χ0n) is 14.7. The quantitative estimate of drug-likeness (QED) is 0.710. The first-order chi connectivity index (χ1) is 11.6. The largest absolute Gasteiger partial charge is 0.241 e. The highest BCUT2D eigenvalue weighted by atomic mass is 15.1. The summed E-state index contributed by atoms with van der Waals surface area (Å²) in [6.45, 7) is 8.33. The first-order valence-electron chi connectivity index (χ1n) is 8.51. The zero-order valence-corrected chi connectivity index (χ0v) is 14.7. The number of aromatic nitrogens is 2. The molecule has 0 amide bonds. The fourth-order valence-electron chi connectivity index (χ4n) is 3.08. The fourth-order valence-corrected chi connectivity index (χ4v) is 3.08. The molecule has 0 atom stereocenters. The van der Waals surface area contributed by atoms with Gasteiger partial charge in [-0.3, -0.25) is 0 Å². The normalized spacial score (nSPS) is 14.8. The van der Waals surface area contributed by atoms with Crippen molar-refractivity contribution in [1.29, 1.82) is 0 Å². The number of hydrogen-bond acceptors (Lipinski definition) is 4. The molecule has 1 fully saturated rings. The van der Waals surface area contributed by atoms with Crippen molar-refractivity contribution in [3.63, 3.8) is 0 Å². The van der Waals surface area contributed by atoms with Gasteiger partial charge < -0.3 is 0 Å². The molecule has 4 heteroatoms. The number of hydrogen-bond donors (Lipinski definition) is 0. The van der Waals surface area contributed by atoms with Gasteiger partial charge in [-0.2, -0.15) is 10.2 Å². The van der Waals surface area contributed by atoms with Crippen molar-refractivity contribution in [2.45, 2.75) is 39.5 Å². The van der Waals surface area contributed by atoms with Crippen LogP contribution in [0.25, 0.3) is 5.57 Å². The van der Waals surface area contributed by atoms with Crippen molar-refractivity contribution in [2.24, 2.45) is 16.1 Å². The minimum atomic E-state index is 0.779. The maximum absolute atomic E-state index is 4.71. The molecule has 1 heterocycles. The van der Waals surface area contributed by atoms with Crippen LogP contribution in [0.2, 0.25) is 0 Å². The molecule has 0 unspecified atom stereocenters. The maximum atomic E-state index is 4.71. The molecule has 124 valence electrons. The van der Waals surface area contributed by atoms with E-state index in [1.165, 1.54) is 19.3 Å². The van der Waals surface area contributed by atoms with Crippen molar-refractivity contribution in [1.82, 2.24) is 9.97 Å². The lowest BCUT2D eigenvalue weighted by atomic mass is 9.83. The molecule has 1 aromatic carbocycles. The van der Waals surface area contributed by atoms with Gasteiger partial charge in [-0.1, -0.05) is 31.9 Å². The second kappa shape index (κ2) is 7.04. The number of nitrogens with zero attached hydrogens (tertiary/aromatic N) is 4. The maximum Gasteiger partial charge on any atom is 0.128 e. The molecule has 0 N–H and O–H groups in total. The minimum absolute atomic E-state index is 0.779. The second-order valence-electron chi connectivity index (χ2n) is 6.57. The Labute approximate surface area is 143 Å². The summed E-state index contributed by atoms with van der Waals surface area (Å²) in [5.74, 6) is 1.74. The van der Waals surface area contributed by atoms with Crippen LogP contribution < -0.4 is 0 Å². The number of aryl methyl sites for hydroxylation is 2. The second-order valence-corrected chi connectivity index (χ2v) is 6.57. The summed E-state index contributed by atoms with van der Waals surface area (Å²) in [6.07, 6.45) is 6.91. The third kappa shape index (κ3) is 3.42. The van der Waals surface area contributed by atoms with Gasteiger partial charge in [0.25, 0.3) is 0 Å². The SMILES string of the molecule is C=C(c1ccc(N=NC)c(C)c1)c1cnc(CC2CCC2)nc1C. The Hall–Kier alpha value is -2.36. The molecule has 1 aliphatic rings. The van der Waals surface area contributed by atoms with Crippen LogP contribution in [0.1, 0.15) is 47.5 Å². The molecule has 24 heavy (non-hydrogen) atoms. The lowest BCUT2D eigenvalue weighted by Gasteiger charge is -2.24. The Bertz CT molecular complexity index is 788. The van der Waals surface area contributed by atoms with E-state index in [1.54, 1.807) is 7.05 Å². The summed E-state index contributed by atoms with van der Waals surface area (Å²) < 4.78 is 0. The van der Waals surface area contributed by atoms with Crippen LogP contribution in [0, 0.1) is 19.8 Å². The molecule has 0 saturated heterocycles. The molecule has 1 aromatic heterocycles. The Morgan fingerprint density at radius 2 is 2.08 bits per heavy atom. The molecular weight excluding hydrogens is 296 g/mol. The molecule has 0 radical (unpaired) electrons. The Morgan fingerprint density at radius 3 is 2.67 bits per heavy atom. The fraction of sp³-hybridized carbons (Fsp3) is 0.400. The van der Waals surface area contributed by atoms with Crippen LogP contribution in [0.4, 0.5) is 5.69 Å². The summed E-state index contributed by atoms with van der Waals surface area (Å²) in [7, 11) is 1.68. The minimum Gasteiger partial charge on any atom is -0.241 e. The standard InChI is InChI=1S/C20H24N4/c1-13-10-17(8-9-19(13)24-21-4)14(2)18-12-22-20(23-15(18)3)11-16-6-5-7-16/h8-10,12,16H,2,5-7,11H2,1,3-4H3. The summed E-state index contributed by atoms with van der Waals surface area (Å²) in [5.41, 5.74) is 6.00. The predicted molar refractivity (Wildman–Crippen MR) is 97.6 cm³/mol. The van der Waals surface area contributed by atoms with E-state index >= 15 is 0 Å². The van der Waals surface area contributed by atoms with Crippen LogP contribution in [-0.2, 0) is 6.42 Å². The van der Waals surface area contributed by atoms with Gasteiger partial charge in [0.15, 0.2) is 0 Å². The number of benzene rings is 1. The summed E-state index contributed by atoms with van der Waals surface area (Å²) >= 11 is 0. The lowest BCUT2D eigenvalue weighted by Crippen LogP contribution is -2.16. The molecule has 3 rings (SSSR count). The summed E-state index contributed by atoms with van der Waals surface area (Å²) in [6, 6.07) is 6.10. The number of azo groups is 1. The van der Waals surface area contributed by atoms with Gasteiger partial charge in [0, 0.05) is 30.9 Å². The highest BCUT2D eigenvalue weighted by Crippen LogP contribution is 2.30. The molecular formula is C20H24N4. The van der Waals surface area contributed by atoms with Gasteiger partial charge >= 0.3 is 0 Å². The van der Waals surface area contributed by atoms with Gasteiger partial charge in [-0.15, -0.1) is 0 Å². The first-order valence-corrected chi connectivity index (χ1v) is 8.51. The molecule has 0 spiro atoms. The van der Waals surface area contributed by atoms with Crippen LogP contribution in [-0.4, -0.2) is 17.0 Å². The molecule has 1 aliphatic carbocycles. The van der Waals surface area contributed by atoms with Crippen LogP contribution >= 0.6 is 0 Å². The van der Waals surface area contributed by atoms with Gasteiger partial charge in [0.1, 0.15) is 5.82 Å². The third-order valence-electron chi connectivity index (χ3n) is 4.80. The van der Waals surface area contributed by atoms with Gasteiger partial charge in [-0.05, 0) is 48.6 Å². The molecule has 0 bridgehead atoms. The van der Waals surface area contributed by atoms with Crippen molar-refractivity contribution >= 4 is 11.3 Å². The first kappa shape index (κ1) is 16.5. The van der Waals surface area contributed by atoms with E-state index in [0.29, 0.717) is 0 Å². The van der Waals surface area contributed by atoms with Crippen molar-refractivity contribution in [2.75, 3.05) is 7.05 Å². The summed E-state index contributed by atoms with van der Waals surface area (Å²) in [4.78, 5) is 9.28. The monoisotopic (exact) mass is 320 g/mol. The van der Waals surface area contributed by atoms with Gasteiger partial charge in [0.05, 0.1) is 5.69 Å². The molecule has 1 saturated carbocycles. The Morgan fingerprint density at radius 1 is 1.29 bits per heavy atom. The van der Waals surface area contributed by atoms with Crippen molar-refractivity contribution in [3.05, 3.63) is 59.2 Å². The van der Waals surface area contributed by atoms with E-state index in [-0.39, 0.29) is 0 Å². The smallest absolute Gasteiger partial charge is 0.128 e. The van der Waals surface area contributed by atoms with Crippen LogP contribution in [0.5, 0.6) is 0 Å². The van der Waals surface area contributed by atoms with Gasteiger partial charge in [-0.25, -0.2) is 9.97 Å². The number of rotatable bonds is 5. The molecule has 4 nitrogen and oxygen atoms in total. The van der Waals surface area contributed by atoms with E-state index in [0.717, 1.165) is 51.8 Å². The zero-order chi connectivity index (χ0) is 17.1. The topological polar surface area (TPSA) is 50.5 Å². The lowest BCUT2D eigenvalue weighted by molar-refractivity contribution is 0.309.